The molecule has 3 aromatic carbocycles. The Kier molecular flexibility index (Phi) is 6.02. The molecule has 5 aromatic rings. The van der Waals surface area contributed by atoms with E-state index in [0.717, 1.165) is 54.1 Å². The average molecular weight is 503 g/mol. The Balaban J connectivity index is 1.48. The maximum Gasteiger partial charge on any atom is 0.323 e. The minimum Gasteiger partial charge on any atom is -0.347 e. The van der Waals surface area contributed by atoms with Crippen molar-refractivity contribution in [3.8, 4) is 0 Å². The summed E-state index contributed by atoms with van der Waals surface area (Å²) in [4.78, 5) is 12.5. The van der Waals surface area contributed by atoms with E-state index in [2.05, 4.69) is 116 Å². The van der Waals surface area contributed by atoms with Crippen molar-refractivity contribution in [2.75, 3.05) is 11.9 Å². The third-order valence-electron chi connectivity index (χ3n) is 7.89. The molecular weight excluding hydrogens is 466 g/mol. The van der Waals surface area contributed by atoms with Crippen LogP contribution in [-0.2, 0) is 18.5 Å². The second-order valence-corrected chi connectivity index (χ2v) is 10.8. The Labute approximate surface area is 224 Å². The molecule has 192 valence electrons. The smallest absolute Gasteiger partial charge is 0.323 e. The van der Waals surface area contributed by atoms with Gasteiger partial charge in [-0.05, 0) is 53.5 Å². The third-order valence-corrected chi connectivity index (χ3v) is 7.89. The molecule has 5 nitrogen and oxygen atoms in total. The highest BCUT2D eigenvalue weighted by Crippen LogP contribution is 2.49. The van der Waals surface area contributed by atoms with E-state index in [4.69, 9.17) is 9.97 Å². The van der Waals surface area contributed by atoms with Gasteiger partial charge in [-0.15, -0.1) is 0 Å². The Morgan fingerprint density at radius 2 is 1.63 bits per heavy atom. The molecule has 0 fully saturated rings. The summed E-state index contributed by atoms with van der Waals surface area (Å²) in [6.45, 7) is 10.9. The molecule has 0 N–H and O–H groups in total. The number of para-hydroxylation sites is 2. The molecule has 5 heteroatoms. The molecule has 0 amide bonds. The van der Waals surface area contributed by atoms with Crippen molar-refractivity contribution in [2.45, 2.75) is 59.0 Å². The van der Waals surface area contributed by atoms with E-state index < -0.39 is 0 Å². The largest absolute Gasteiger partial charge is 0.347 e. The van der Waals surface area contributed by atoms with Gasteiger partial charge in [0.2, 0.25) is 5.82 Å². The molecule has 0 bridgehead atoms. The number of nitrogens with zero attached hydrogens (tertiary/aromatic N) is 5. The van der Waals surface area contributed by atoms with Gasteiger partial charge in [-0.1, -0.05) is 81.2 Å². The first kappa shape index (κ1) is 24.4. The zero-order valence-corrected chi connectivity index (χ0v) is 23.1. The van der Waals surface area contributed by atoms with Crippen molar-refractivity contribution in [3.63, 3.8) is 0 Å². The number of benzene rings is 3. The van der Waals surface area contributed by atoms with E-state index in [0.29, 0.717) is 0 Å². The van der Waals surface area contributed by atoms with Crippen LogP contribution in [0.1, 0.15) is 51.9 Å². The molecule has 6 rings (SSSR count). The molecule has 0 saturated heterocycles. The molecule has 0 radical (unpaired) electrons. The lowest BCUT2D eigenvalue weighted by atomic mass is 9.81. The van der Waals surface area contributed by atoms with Gasteiger partial charge < -0.3 is 4.90 Å². The van der Waals surface area contributed by atoms with Gasteiger partial charge in [0.1, 0.15) is 5.52 Å². The molecular formula is C33H36N5+. The highest BCUT2D eigenvalue weighted by Gasteiger charge is 2.39. The van der Waals surface area contributed by atoms with Crippen LogP contribution in [0.5, 0.6) is 0 Å². The zero-order chi connectivity index (χ0) is 26.4. The highest BCUT2D eigenvalue weighted by molar-refractivity contribution is 5.94. The van der Waals surface area contributed by atoms with Crippen molar-refractivity contribution in [2.24, 2.45) is 0 Å². The highest BCUT2D eigenvalue weighted by atomic mass is 15.2. The summed E-state index contributed by atoms with van der Waals surface area (Å²) in [5, 5.41) is 2.63. The number of imidazole rings is 1. The van der Waals surface area contributed by atoms with E-state index in [-0.39, 0.29) is 5.41 Å². The molecule has 2 aromatic heterocycles. The summed E-state index contributed by atoms with van der Waals surface area (Å²) in [5.74, 6) is 1.15. The molecule has 0 spiro atoms. The Morgan fingerprint density at radius 3 is 2.39 bits per heavy atom. The fraction of sp³-hybridized carbons (Fsp3) is 0.303. The second kappa shape index (κ2) is 9.39. The van der Waals surface area contributed by atoms with Gasteiger partial charge >= 0.3 is 5.65 Å². The van der Waals surface area contributed by atoms with E-state index in [9.17, 15) is 0 Å². The molecule has 38 heavy (non-hydrogen) atoms. The topological polar surface area (TPSA) is 37.8 Å². The quantitative estimate of drug-likeness (QED) is 0.231. The molecule has 3 heterocycles. The van der Waals surface area contributed by atoms with Crippen molar-refractivity contribution in [3.05, 3.63) is 89.9 Å². The first-order valence-electron chi connectivity index (χ1n) is 13.8. The number of aryl methyl sites for hydroxylation is 2. The lowest BCUT2D eigenvalue weighted by molar-refractivity contribution is -0.675. The SMILES string of the molecule is CCCn1c(C=CC=C2N(C)c3ccc4ccccc4c3C2(C)C)[n+](CCC)c2nc3ccccc3nc21. The summed E-state index contributed by atoms with van der Waals surface area (Å²) in [7, 11) is 2.19. The van der Waals surface area contributed by atoms with Gasteiger partial charge in [-0.3, -0.25) is 0 Å². The van der Waals surface area contributed by atoms with Crippen LogP contribution in [0.4, 0.5) is 5.69 Å². The Hall–Kier alpha value is -3.99. The summed E-state index contributed by atoms with van der Waals surface area (Å²) in [6, 6.07) is 21.4. The van der Waals surface area contributed by atoms with Crippen molar-refractivity contribution in [1.29, 1.82) is 0 Å². The minimum atomic E-state index is -0.106. The summed E-state index contributed by atoms with van der Waals surface area (Å²) >= 11 is 0. The van der Waals surface area contributed by atoms with Gasteiger partial charge in [0.05, 0.1) is 13.1 Å². The molecule has 1 aliphatic heterocycles. The zero-order valence-electron chi connectivity index (χ0n) is 23.1. The number of likely N-dealkylation sites (N-methyl/N-ethyl adjacent to an activating group) is 1. The van der Waals surface area contributed by atoms with Crippen LogP contribution in [0, 0.1) is 0 Å². The lowest BCUT2D eigenvalue weighted by Gasteiger charge is -2.24. The third kappa shape index (κ3) is 3.72. The number of aromatic nitrogens is 4. The average Bonchev–Trinajstić information content (AvgIpc) is 3.30. The van der Waals surface area contributed by atoms with Crippen LogP contribution in [0.15, 0.2) is 78.5 Å². The first-order chi connectivity index (χ1) is 18.5. The Morgan fingerprint density at radius 1 is 0.895 bits per heavy atom. The summed E-state index contributed by atoms with van der Waals surface area (Å²) in [6.07, 6.45) is 8.82. The fourth-order valence-electron chi connectivity index (χ4n) is 6.19. The number of hydrogen-bond acceptors (Lipinski definition) is 3. The number of fused-ring (bicyclic) bond motifs is 5. The maximum absolute atomic E-state index is 5.06. The number of allylic oxidation sites excluding steroid dienone is 3. The van der Waals surface area contributed by atoms with Gasteiger partial charge in [-0.2, -0.15) is 0 Å². The summed E-state index contributed by atoms with van der Waals surface area (Å²) in [5.41, 5.74) is 7.68. The van der Waals surface area contributed by atoms with Gasteiger partial charge in [0, 0.05) is 29.9 Å². The second-order valence-electron chi connectivity index (χ2n) is 10.8. The minimum absolute atomic E-state index is 0.106. The van der Waals surface area contributed by atoms with Crippen LogP contribution < -0.4 is 9.47 Å². The maximum atomic E-state index is 5.06. The van der Waals surface area contributed by atoms with Crippen molar-refractivity contribution < 1.29 is 4.57 Å². The molecule has 0 aliphatic carbocycles. The molecule has 0 atom stereocenters. The fourth-order valence-corrected chi connectivity index (χ4v) is 6.19. The predicted molar refractivity (Wildman–Crippen MR) is 158 cm³/mol. The van der Waals surface area contributed by atoms with E-state index in [1.165, 1.54) is 27.7 Å². The lowest BCUT2D eigenvalue weighted by Crippen LogP contribution is -2.37. The van der Waals surface area contributed by atoms with Crippen LogP contribution in [0.25, 0.3) is 39.2 Å². The molecule has 0 saturated carbocycles. The summed E-state index contributed by atoms with van der Waals surface area (Å²) < 4.78 is 4.68. The molecule has 0 unspecified atom stereocenters. The van der Waals surface area contributed by atoms with E-state index in [1.807, 2.05) is 12.1 Å². The number of anilines is 1. The van der Waals surface area contributed by atoms with Crippen LogP contribution >= 0.6 is 0 Å². The Bertz CT molecular complexity index is 1680. The number of rotatable bonds is 6. The van der Waals surface area contributed by atoms with Crippen LogP contribution in [0.2, 0.25) is 0 Å². The van der Waals surface area contributed by atoms with E-state index in [1.54, 1.807) is 0 Å². The van der Waals surface area contributed by atoms with Crippen LogP contribution in [0.3, 0.4) is 0 Å². The normalized spacial score (nSPS) is 16.0. The van der Waals surface area contributed by atoms with Gasteiger partial charge in [0.25, 0.3) is 5.65 Å². The van der Waals surface area contributed by atoms with Crippen LogP contribution in [-0.4, -0.2) is 21.6 Å². The monoisotopic (exact) mass is 502 g/mol. The van der Waals surface area contributed by atoms with E-state index >= 15 is 0 Å². The van der Waals surface area contributed by atoms with Crippen molar-refractivity contribution >= 4 is 44.9 Å². The molecule has 1 aliphatic rings. The number of hydrogen-bond donors (Lipinski definition) is 0. The van der Waals surface area contributed by atoms with Gasteiger partial charge in [0.15, 0.2) is 5.52 Å². The standard InChI is InChI=1S/C33H36N5/c1-6-21-37-29(38(22-7-2)32-31(37)34-25-15-10-11-16-26(25)35-32)18-12-17-28-33(3,4)30-24-14-9-8-13-23(24)19-20-27(30)36(28)5/h8-20H,6-7,21-22H2,1-5H3/q+1. The van der Waals surface area contributed by atoms with Crippen molar-refractivity contribution in [1.82, 2.24) is 14.5 Å². The predicted octanol–water partition coefficient (Wildman–Crippen LogP) is 7.17. The van der Waals surface area contributed by atoms with Gasteiger partial charge in [-0.25, -0.2) is 14.1 Å². The first-order valence-corrected chi connectivity index (χ1v) is 13.8.